The van der Waals surface area contributed by atoms with Gasteiger partial charge in [0.15, 0.2) is 4.80 Å². The molecule has 0 radical (unpaired) electrons. The van der Waals surface area contributed by atoms with E-state index >= 15 is 0 Å². The van der Waals surface area contributed by atoms with Crippen molar-refractivity contribution in [2.24, 2.45) is 4.99 Å². The van der Waals surface area contributed by atoms with Crippen molar-refractivity contribution in [2.75, 3.05) is 0 Å². The Hall–Kier alpha value is -2.46. The standard InChI is InChI=1S/C16H11N3S/c1-2-6-12(7-3-1)17-16-19-14-9-5-4-8-13(14)18-15(19)10-11-20-16/h1-11H. The van der Waals surface area contributed by atoms with E-state index < -0.39 is 0 Å². The van der Waals surface area contributed by atoms with Crippen LogP contribution in [0.3, 0.4) is 0 Å². The molecule has 2 aromatic carbocycles. The van der Waals surface area contributed by atoms with Crippen LogP contribution < -0.4 is 4.80 Å². The summed E-state index contributed by atoms with van der Waals surface area (Å²) in [6, 6.07) is 20.2. The summed E-state index contributed by atoms with van der Waals surface area (Å²) in [7, 11) is 0. The normalized spacial score (nSPS) is 12.3. The van der Waals surface area contributed by atoms with Gasteiger partial charge in [0, 0.05) is 0 Å². The maximum Gasteiger partial charge on any atom is 0.196 e. The molecule has 0 unspecified atom stereocenters. The first-order valence-electron chi connectivity index (χ1n) is 6.37. The molecule has 0 aliphatic heterocycles. The Kier molecular flexibility index (Phi) is 2.60. The van der Waals surface area contributed by atoms with E-state index in [0.29, 0.717) is 0 Å². The lowest BCUT2D eigenvalue weighted by atomic mass is 10.3. The Morgan fingerprint density at radius 3 is 2.60 bits per heavy atom. The molecule has 0 N–H and O–H groups in total. The van der Waals surface area contributed by atoms with E-state index in [1.54, 1.807) is 11.3 Å². The number of aromatic nitrogens is 2. The second-order valence-corrected chi connectivity index (χ2v) is 5.32. The molecule has 0 saturated carbocycles. The van der Waals surface area contributed by atoms with Gasteiger partial charge >= 0.3 is 0 Å². The minimum Gasteiger partial charge on any atom is -0.268 e. The van der Waals surface area contributed by atoms with Crippen molar-refractivity contribution in [1.82, 2.24) is 9.38 Å². The smallest absolute Gasteiger partial charge is 0.196 e. The van der Waals surface area contributed by atoms with Crippen LogP contribution in [0.4, 0.5) is 5.69 Å². The van der Waals surface area contributed by atoms with E-state index in [1.807, 2.05) is 60.0 Å². The number of imidazole rings is 1. The van der Waals surface area contributed by atoms with Gasteiger partial charge in [-0.1, -0.05) is 30.3 Å². The molecule has 4 heteroatoms. The molecule has 0 spiro atoms. The van der Waals surface area contributed by atoms with E-state index in [0.717, 1.165) is 27.2 Å². The van der Waals surface area contributed by atoms with Crippen LogP contribution >= 0.6 is 11.3 Å². The van der Waals surface area contributed by atoms with Gasteiger partial charge in [-0.15, -0.1) is 11.3 Å². The number of hydrogen-bond donors (Lipinski definition) is 0. The van der Waals surface area contributed by atoms with E-state index in [1.165, 1.54) is 0 Å². The number of nitrogens with zero attached hydrogens (tertiary/aromatic N) is 3. The van der Waals surface area contributed by atoms with Crippen molar-refractivity contribution in [3.63, 3.8) is 0 Å². The topological polar surface area (TPSA) is 29.7 Å². The molecule has 4 aromatic rings. The highest BCUT2D eigenvalue weighted by Crippen LogP contribution is 2.15. The van der Waals surface area contributed by atoms with Crippen LogP contribution in [0, 0.1) is 0 Å². The van der Waals surface area contributed by atoms with E-state index in [9.17, 15) is 0 Å². The number of fused-ring (bicyclic) bond motifs is 3. The maximum atomic E-state index is 4.73. The van der Waals surface area contributed by atoms with Crippen LogP contribution in [0.2, 0.25) is 0 Å². The summed E-state index contributed by atoms with van der Waals surface area (Å²) in [5.41, 5.74) is 3.97. The molecule has 2 aromatic heterocycles. The van der Waals surface area contributed by atoms with Crippen molar-refractivity contribution in [3.8, 4) is 0 Å². The van der Waals surface area contributed by atoms with Gasteiger partial charge in [0.2, 0.25) is 0 Å². The molecule has 0 fully saturated rings. The van der Waals surface area contributed by atoms with Crippen molar-refractivity contribution in [2.45, 2.75) is 0 Å². The lowest BCUT2D eigenvalue weighted by Crippen LogP contribution is -2.08. The fourth-order valence-electron chi connectivity index (χ4n) is 2.26. The maximum absolute atomic E-state index is 4.73. The molecule has 0 atom stereocenters. The molecule has 0 amide bonds. The molecule has 3 nitrogen and oxygen atoms in total. The van der Waals surface area contributed by atoms with E-state index in [4.69, 9.17) is 4.99 Å². The van der Waals surface area contributed by atoms with Crippen LogP contribution in [-0.2, 0) is 0 Å². The molecule has 20 heavy (non-hydrogen) atoms. The van der Waals surface area contributed by atoms with Gasteiger partial charge in [0.05, 0.1) is 16.7 Å². The molecule has 4 rings (SSSR count). The van der Waals surface area contributed by atoms with Gasteiger partial charge in [-0.05, 0) is 35.7 Å². The third-order valence-corrected chi connectivity index (χ3v) is 3.91. The average molecular weight is 277 g/mol. The zero-order chi connectivity index (χ0) is 13.4. The molecule has 96 valence electrons. The van der Waals surface area contributed by atoms with Crippen LogP contribution in [0.25, 0.3) is 16.7 Å². The zero-order valence-corrected chi connectivity index (χ0v) is 11.4. The van der Waals surface area contributed by atoms with Crippen LogP contribution in [-0.4, -0.2) is 9.38 Å². The van der Waals surface area contributed by atoms with Crippen LogP contribution in [0.5, 0.6) is 0 Å². The first kappa shape index (κ1) is 11.4. The molecular weight excluding hydrogens is 266 g/mol. The predicted molar refractivity (Wildman–Crippen MR) is 82.2 cm³/mol. The summed E-state index contributed by atoms with van der Waals surface area (Å²) in [6.07, 6.45) is 0. The third-order valence-electron chi connectivity index (χ3n) is 3.15. The number of hydrogen-bond acceptors (Lipinski definition) is 3. The predicted octanol–water partition coefficient (Wildman–Crippen LogP) is 3.78. The molecule has 0 aliphatic carbocycles. The Bertz CT molecular complexity index is 951. The van der Waals surface area contributed by atoms with Gasteiger partial charge in [0.1, 0.15) is 5.65 Å². The minimum atomic E-state index is 0.930. The lowest BCUT2D eigenvalue weighted by Gasteiger charge is -1.97. The number of benzene rings is 2. The Morgan fingerprint density at radius 2 is 1.70 bits per heavy atom. The highest BCUT2D eigenvalue weighted by molar-refractivity contribution is 7.06. The van der Waals surface area contributed by atoms with Crippen LogP contribution in [0.15, 0.2) is 71.0 Å². The largest absolute Gasteiger partial charge is 0.268 e. The molecule has 0 aliphatic rings. The molecule has 0 bridgehead atoms. The Labute approximate surface area is 119 Å². The van der Waals surface area contributed by atoms with E-state index in [-0.39, 0.29) is 0 Å². The van der Waals surface area contributed by atoms with Crippen molar-refractivity contribution in [3.05, 3.63) is 70.8 Å². The fourth-order valence-corrected chi connectivity index (χ4v) is 3.02. The molecule has 2 heterocycles. The van der Waals surface area contributed by atoms with Gasteiger partial charge in [-0.2, -0.15) is 0 Å². The van der Waals surface area contributed by atoms with Crippen molar-refractivity contribution >= 4 is 33.7 Å². The third kappa shape index (κ3) is 1.82. The average Bonchev–Trinajstić information content (AvgIpc) is 2.88. The SMILES string of the molecule is c1ccc(N=c2sccc3nc4ccccc4n23)cc1. The zero-order valence-electron chi connectivity index (χ0n) is 10.6. The summed E-state index contributed by atoms with van der Waals surface area (Å²) in [5.74, 6) is 0. The number of para-hydroxylation sites is 3. The second kappa shape index (κ2) is 4.58. The lowest BCUT2D eigenvalue weighted by molar-refractivity contribution is 1.14. The first-order chi connectivity index (χ1) is 9.92. The fraction of sp³-hybridized carbons (Fsp3) is 0. The van der Waals surface area contributed by atoms with Crippen molar-refractivity contribution in [1.29, 1.82) is 0 Å². The van der Waals surface area contributed by atoms with Gasteiger partial charge in [-0.3, -0.25) is 4.40 Å². The van der Waals surface area contributed by atoms with Gasteiger partial charge < -0.3 is 0 Å². The summed E-state index contributed by atoms with van der Waals surface area (Å²) in [4.78, 5) is 10.3. The Morgan fingerprint density at radius 1 is 0.900 bits per heavy atom. The number of rotatable bonds is 1. The summed E-state index contributed by atoms with van der Waals surface area (Å²) < 4.78 is 2.10. The van der Waals surface area contributed by atoms with Gasteiger partial charge in [0.25, 0.3) is 0 Å². The van der Waals surface area contributed by atoms with Crippen molar-refractivity contribution < 1.29 is 0 Å². The molecular formula is C16H11N3S. The minimum absolute atomic E-state index is 0.930. The molecule has 0 saturated heterocycles. The highest BCUT2D eigenvalue weighted by Gasteiger charge is 2.04. The quantitative estimate of drug-likeness (QED) is 0.520. The monoisotopic (exact) mass is 277 g/mol. The van der Waals surface area contributed by atoms with Gasteiger partial charge in [-0.25, -0.2) is 9.98 Å². The second-order valence-electron chi connectivity index (χ2n) is 4.44. The van der Waals surface area contributed by atoms with Crippen LogP contribution in [0.1, 0.15) is 0 Å². The first-order valence-corrected chi connectivity index (χ1v) is 7.24. The Balaban J connectivity index is 2.12. The highest BCUT2D eigenvalue weighted by atomic mass is 32.1. The summed E-state index contributed by atoms with van der Waals surface area (Å²) in [6.45, 7) is 0. The summed E-state index contributed by atoms with van der Waals surface area (Å²) >= 11 is 1.61. The van der Waals surface area contributed by atoms with E-state index in [2.05, 4.69) is 15.5 Å². The summed E-state index contributed by atoms with van der Waals surface area (Å²) in [5, 5.41) is 2.03.